The Balaban J connectivity index is 2.06. The van der Waals surface area contributed by atoms with Gasteiger partial charge in [0.1, 0.15) is 11.5 Å². The number of hydrogen-bond donors (Lipinski definition) is 1. The summed E-state index contributed by atoms with van der Waals surface area (Å²) in [4.78, 5) is 0. The molecule has 2 aromatic rings. The predicted molar refractivity (Wildman–Crippen MR) is 76.3 cm³/mol. The van der Waals surface area contributed by atoms with Crippen LogP contribution in [0, 0.1) is 0 Å². The van der Waals surface area contributed by atoms with Gasteiger partial charge >= 0.3 is 0 Å². The van der Waals surface area contributed by atoms with Crippen LogP contribution in [-0.4, -0.2) is 6.54 Å². The summed E-state index contributed by atoms with van der Waals surface area (Å²) in [6, 6.07) is 11.9. The molecule has 1 aromatic heterocycles. The van der Waals surface area contributed by atoms with E-state index >= 15 is 0 Å². The summed E-state index contributed by atoms with van der Waals surface area (Å²) in [5, 5.41) is 0. The van der Waals surface area contributed by atoms with Crippen LogP contribution in [-0.2, 0) is 0 Å². The third-order valence-electron chi connectivity index (χ3n) is 3.41. The molecule has 0 saturated carbocycles. The zero-order chi connectivity index (χ0) is 13.7. The molecule has 0 aliphatic heterocycles. The van der Waals surface area contributed by atoms with Crippen molar-refractivity contribution in [2.24, 2.45) is 5.73 Å². The Morgan fingerprint density at radius 3 is 2.47 bits per heavy atom. The molecule has 0 aliphatic carbocycles. The van der Waals surface area contributed by atoms with Crippen LogP contribution in [0.4, 0.5) is 0 Å². The molecule has 3 heteroatoms. The van der Waals surface area contributed by atoms with Crippen LogP contribution in [0.1, 0.15) is 43.6 Å². The molecule has 2 N–H and O–H groups in total. The highest BCUT2D eigenvalue weighted by Crippen LogP contribution is 2.25. The van der Waals surface area contributed by atoms with Crippen molar-refractivity contribution in [1.82, 2.24) is 0 Å². The van der Waals surface area contributed by atoms with Crippen molar-refractivity contribution >= 4 is 0 Å². The number of ether oxygens (including phenoxy) is 1. The van der Waals surface area contributed by atoms with Gasteiger partial charge in [0, 0.05) is 6.54 Å². The lowest BCUT2D eigenvalue weighted by molar-refractivity contribution is 0.184. The van der Waals surface area contributed by atoms with E-state index in [1.807, 2.05) is 24.3 Å². The highest BCUT2D eigenvalue weighted by molar-refractivity contribution is 5.29. The Kier molecular flexibility index (Phi) is 4.63. The van der Waals surface area contributed by atoms with Crippen molar-refractivity contribution < 1.29 is 9.15 Å². The quantitative estimate of drug-likeness (QED) is 0.856. The second-order valence-electron chi connectivity index (χ2n) is 4.74. The number of nitrogens with two attached hydrogens (primary N) is 1. The first-order valence-electron chi connectivity index (χ1n) is 6.74. The predicted octanol–water partition coefficient (Wildman–Crippen LogP) is 3.87. The van der Waals surface area contributed by atoms with Gasteiger partial charge in [-0.15, -0.1) is 0 Å². The fourth-order valence-corrected chi connectivity index (χ4v) is 1.97. The average molecular weight is 259 g/mol. The number of rotatable bonds is 6. The van der Waals surface area contributed by atoms with Crippen LogP contribution in [0.2, 0.25) is 0 Å². The van der Waals surface area contributed by atoms with Crippen LogP contribution in [0.25, 0.3) is 0 Å². The lowest BCUT2D eigenvalue weighted by Crippen LogP contribution is -2.17. The molecule has 1 aromatic carbocycles. The van der Waals surface area contributed by atoms with Gasteiger partial charge in [-0.2, -0.15) is 0 Å². The molecule has 0 fully saturated rings. The third-order valence-corrected chi connectivity index (χ3v) is 3.41. The van der Waals surface area contributed by atoms with Crippen LogP contribution >= 0.6 is 0 Å². The van der Waals surface area contributed by atoms with Gasteiger partial charge in [0.05, 0.1) is 6.26 Å². The lowest BCUT2D eigenvalue weighted by Gasteiger charge is -2.16. The van der Waals surface area contributed by atoms with Crippen molar-refractivity contribution in [3.8, 4) is 5.75 Å². The molecule has 102 valence electrons. The summed E-state index contributed by atoms with van der Waals surface area (Å²) in [5.41, 5.74) is 7.06. The van der Waals surface area contributed by atoms with Gasteiger partial charge in [-0.1, -0.05) is 26.0 Å². The molecule has 3 nitrogen and oxygen atoms in total. The molecule has 2 rings (SSSR count). The zero-order valence-electron chi connectivity index (χ0n) is 11.5. The van der Waals surface area contributed by atoms with E-state index < -0.39 is 0 Å². The van der Waals surface area contributed by atoms with Gasteiger partial charge in [0.15, 0.2) is 6.10 Å². The van der Waals surface area contributed by atoms with Gasteiger partial charge in [0.2, 0.25) is 0 Å². The van der Waals surface area contributed by atoms with Crippen molar-refractivity contribution in [1.29, 1.82) is 0 Å². The lowest BCUT2D eigenvalue weighted by atomic mass is 9.99. The van der Waals surface area contributed by atoms with Gasteiger partial charge in [-0.05, 0) is 42.2 Å². The molecule has 19 heavy (non-hydrogen) atoms. The summed E-state index contributed by atoms with van der Waals surface area (Å²) < 4.78 is 11.2. The molecule has 2 atom stereocenters. The molecular weight excluding hydrogens is 238 g/mol. The summed E-state index contributed by atoms with van der Waals surface area (Å²) in [6.07, 6.45) is 2.54. The smallest absolute Gasteiger partial charge is 0.168 e. The van der Waals surface area contributed by atoms with Crippen LogP contribution in [0.3, 0.4) is 0 Å². The molecule has 0 amide bonds. The molecule has 2 unspecified atom stereocenters. The highest BCUT2D eigenvalue weighted by Gasteiger charge is 2.14. The molecule has 0 bridgehead atoms. The molecule has 0 saturated heterocycles. The van der Waals surface area contributed by atoms with E-state index in [1.165, 1.54) is 5.56 Å². The Morgan fingerprint density at radius 1 is 1.21 bits per heavy atom. The fraction of sp³-hybridized carbons (Fsp3) is 0.375. The largest absolute Gasteiger partial charge is 0.481 e. The van der Waals surface area contributed by atoms with E-state index in [-0.39, 0.29) is 6.10 Å². The average Bonchev–Trinajstić information content (AvgIpc) is 2.98. The van der Waals surface area contributed by atoms with Crippen molar-refractivity contribution in [3.63, 3.8) is 0 Å². The molecule has 0 aliphatic rings. The molecule has 0 spiro atoms. The Morgan fingerprint density at radius 2 is 1.95 bits per heavy atom. The minimum atomic E-state index is -0.232. The Bertz CT molecular complexity index is 476. The van der Waals surface area contributed by atoms with Gasteiger partial charge in [-0.25, -0.2) is 0 Å². The number of benzene rings is 1. The summed E-state index contributed by atoms with van der Waals surface area (Å²) in [6.45, 7) is 4.80. The maximum absolute atomic E-state index is 5.86. The Hall–Kier alpha value is -1.74. The van der Waals surface area contributed by atoms with Crippen LogP contribution in [0.5, 0.6) is 5.75 Å². The first-order chi connectivity index (χ1) is 9.24. The van der Waals surface area contributed by atoms with E-state index in [4.69, 9.17) is 14.9 Å². The maximum atomic E-state index is 5.86. The normalized spacial score (nSPS) is 14.1. The first kappa shape index (κ1) is 13.7. The van der Waals surface area contributed by atoms with E-state index in [0.29, 0.717) is 12.5 Å². The summed E-state index contributed by atoms with van der Waals surface area (Å²) >= 11 is 0. The SMILES string of the molecule is CCC(C)c1ccc(OC(CN)c2ccco2)cc1. The molecule has 1 heterocycles. The second kappa shape index (κ2) is 6.43. The van der Waals surface area contributed by atoms with E-state index in [9.17, 15) is 0 Å². The fourth-order valence-electron chi connectivity index (χ4n) is 1.97. The monoisotopic (exact) mass is 259 g/mol. The van der Waals surface area contributed by atoms with E-state index in [2.05, 4.69) is 26.0 Å². The Labute approximate surface area is 114 Å². The highest BCUT2D eigenvalue weighted by atomic mass is 16.5. The standard InChI is InChI=1S/C16H21NO2/c1-3-12(2)13-6-8-14(9-7-13)19-16(11-17)15-5-4-10-18-15/h4-10,12,16H,3,11,17H2,1-2H3. The van der Waals surface area contributed by atoms with Gasteiger partial charge in [0.25, 0.3) is 0 Å². The number of furan rings is 1. The zero-order valence-corrected chi connectivity index (χ0v) is 11.5. The minimum absolute atomic E-state index is 0.232. The summed E-state index contributed by atoms with van der Waals surface area (Å²) in [5.74, 6) is 2.15. The van der Waals surface area contributed by atoms with Gasteiger partial charge in [-0.3, -0.25) is 0 Å². The van der Waals surface area contributed by atoms with Crippen molar-refractivity contribution in [2.75, 3.05) is 6.54 Å². The van der Waals surface area contributed by atoms with Crippen LogP contribution in [0.15, 0.2) is 47.1 Å². The maximum Gasteiger partial charge on any atom is 0.168 e. The summed E-state index contributed by atoms with van der Waals surface area (Å²) in [7, 11) is 0. The van der Waals surface area contributed by atoms with E-state index in [1.54, 1.807) is 6.26 Å². The third kappa shape index (κ3) is 3.38. The van der Waals surface area contributed by atoms with E-state index in [0.717, 1.165) is 17.9 Å². The topological polar surface area (TPSA) is 48.4 Å². The molecular formula is C16H21NO2. The van der Waals surface area contributed by atoms with Crippen molar-refractivity contribution in [3.05, 3.63) is 54.0 Å². The van der Waals surface area contributed by atoms with Crippen LogP contribution < -0.4 is 10.5 Å². The number of hydrogen-bond acceptors (Lipinski definition) is 3. The van der Waals surface area contributed by atoms with Gasteiger partial charge < -0.3 is 14.9 Å². The second-order valence-corrected chi connectivity index (χ2v) is 4.74. The minimum Gasteiger partial charge on any atom is -0.481 e. The first-order valence-corrected chi connectivity index (χ1v) is 6.74. The van der Waals surface area contributed by atoms with Crippen molar-refractivity contribution in [2.45, 2.75) is 32.3 Å². The molecule has 0 radical (unpaired) electrons.